The van der Waals surface area contributed by atoms with Crippen LogP contribution in [-0.4, -0.2) is 35.7 Å². The Morgan fingerprint density at radius 1 is 1.53 bits per heavy atom. The highest BCUT2D eigenvalue weighted by Gasteiger charge is 2.14. The van der Waals surface area contributed by atoms with Crippen molar-refractivity contribution in [1.82, 2.24) is 10.2 Å². The van der Waals surface area contributed by atoms with E-state index in [9.17, 15) is 4.79 Å². The molecule has 1 heterocycles. The van der Waals surface area contributed by atoms with Gasteiger partial charge in [-0.2, -0.15) is 0 Å². The molecule has 0 unspecified atom stereocenters. The van der Waals surface area contributed by atoms with E-state index in [0.717, 1.165) is 0 Å². The quantitative estimate of drug-likeness (QED) is 0.619. The molecule has 15 heavy (non-hydrogen) atoms. The Morgan fingerprint density at radius 2 is 2.27 bits per heavy atom. The fraction of sp³-hybridized carbons (Fsp3) is 0.625. The van der Waals surface area contributed by atoms with Crippen LogP contribution in [0.4, 0.5) is 6.01 Å². The van der Waals surface area contributed by atoms with Gasteiger partial charge in [0.05, 0.1) is 0 Å². The second kappa shape index (κ2) is 5.30. The molecule has 0 bridgehead atoms. The first-order valence-electron chi connectivity index (χ1n) is 4.73. The second-order valence-corrected chi connectivity index (χ2v) is 3.00. The summed E-state index contributed by atoms with van der Waals surface area (Å²) in [5.74, 6) is 0.0332. The maximum atomic E-state index is 10.7. The number of primary amides is 1. The third-order valence-electron chi connectivity index (χ3n) is 1.81. The molecule has 1 rings (SSSR count). The number of amides is 1. The van der Waals surface area contributed by atoms with E-state index in [1.807, 2.05) is 6.92 Å². The molecule has 0 radical (unpaired) electrons. The van der Waals surface area contributed by atoms with Gasteiger partial charge in [-0.1, -0.05) is 5.10 Å². The van der Waals surface area contributed by atoms with E-state index >= 15 is 0 Å². The largest absolute Gasteiger partial charge is 0.408 e. The van der Waals surface area contributed by atoms with E-state index < -0.39 is 5.91 Å². The van der Waals surface area contributed by atoms with Crippen LogP contribution in [0.25, 0.3) is 0 Å². The van der Waals surface area contributed by atoms with Gasteiger partial charge in [0, 0.05) is 19.5 Å². The van der Waals surface area contributed by atoms with E-state index in [1.54, 1.807) is 4.90 Å². The third kappa shape index (κ3) is 3.21. The summed E-state index contributed by atoms with van der Waals surface area (Å²) in [7, 11) is 0. The van der Waals surface area contributed by atoms with Crippen molar-refractivity contribution in [2.75, 3.05) is 24.5 Å². The summed E-state index contributed by atoms with van der Waals surface area (Å²) in [4.78, 5) is 12.4. The molecule has 7 nitrogen and oxygen atoms in total. The Hall–Kier alpha value is -1.63. The summed E-state index contributed by atoms with van der Waals surface area (Å²) in [5.41, 5.74) is 10.4. The summed E-state index contributed by atoms with van der Waals surface area (Å²) in [6, 6.07) is 0.305. The topological polar surface area (TPSA) is 111 Å². The molecular formula is C8H15N5O2. The molecule has 0 saturated carbocycles. The molecule has 0 aliphatic carbocycles. The van der Waals surface area contributed by atoms with Crippen LogP contribution in [0.3, 0.4) is 0 Å². The van der Waals surface area contributed by atoms with Crippen LogP contribution in [0.1, 0.15) is 12.8 Å². The number of aromatic nitrogens is 2. The van der Waals surface area contributed by atoms with Crippen molar-refractivity contribution in [3.05, 3.63) is 5.89 Å². The average Bonchev–Trinajstić information content (AvgIpc) is 2.63. The van der Waals surface area contributed by atoms with Gasteiger partial charge in [-0.05, 0) is 6.92 Å². The van der Waals surface area contributed by atoms with E-state index in [-0.39, 0.29) is 6.54 Å². The fourth-order valence-electron chi connectivity index (χ4n) is 1.10. The highest BCUT2D eigenvalue weighted by molar-refractivity contribution is 5.78. The number of carbonyl (C=O) groups is 1. The van der Waals surface area contributed by atoms with Gasteiger partial charge in [0.2, 0.25) is 11.8 Å². The summed E-state index contributed by atoms with van der Waals surface area (Å²) in [6.07, 6.45) is 0.529. The van der Waals surface area contributed by atoms with Crippen molar-refractivity contribution in [1.29, 1.82) is 0 Å². The van der Waals surface area contributed by atoms with E-state index in [1.165, 1.54) is 0 Å². The minimum atomic E-state index is -0.435. The van der Waals surface area contributed by atoms with E-state index in [4.69, 9.17) is 15.9 Å². The molecule has 0 saturated heterocycles. The highest BCUT2D eigenvalue weighted by Crippen LogP contribution is 2.11. The maximum absolute atomic E-state index is 10.7. The zero-order chi connectivity index (χ0) is 11.3. The molecular weight excluding hydrogens is 198 g/mol. The van der Waals surface area contributed by atoms with Gasteiger partial charge in [-0.15, -0.1) is 5.10 Å². The predicted octanol–water partition coefficient (Wildman–Crippen LogP) is -1.12. The van der Waals surface area contributed by atoms with Crippen LogP contribution in [0.15, 0.2) is 4.42 Å². The second-order valence-electron chi connectivity index (χ2n) is 3.00. The SMILES string of the molecule is CCN(CC(N)=O)c1nnc(CCN)o1. The number of rotatable bonds is 6. The fourth-order valence-corrected chi connectivity index (χ4v) is 1.10. The predicted molar refractivity (Wildman–Crippen MR) is 54.1 cm³/mol. The number of anilines is 1. The average molecular weight is 213 g/mol. The maximum Gasteiger partial charge on any atom is 0.318 e. The lowest BCUT2D eigenvalue weighted by atomic mass is 10.4. The lowest BCUT2D eigenvalue weighted by molar-refractivity contribution is -0.116. The van der Waals surface area contributed by atoms with Crippen LogP contribution in [-0.2, 0) is 11.2 Å². The summed E-state index contributed by atoms with van der Waals surface area (Å²) in [6.45, 7) is 2.97. The molecule has 1 aromatic rings. The van der Waals surface area contributed by atoms with Crippen molar-refractivity contribution in [2.45, 2.75) is 13.3 Å². The molecule has 1 amide bonds. The lowest BCUT2D eigenvalue weighted by Crippen LogP contribution is -2.33. The minimum Gasteiger partial charge on any atom is -0.408 e. The Morgan fingerprint density at radius 3 is 2.80 bits per heavy atom. The third-order valence-corrected chi connectivity index (χ3v) is 1.81. The first-order chi connectivity index (χ1) is 7.17. The Bertz CT molecular complexity index is 325. The zero-order valence-corrected chi connectivity index (χ0v) is 8.64. The molecule has 0 aromatic carbocycles. The number of nitrogens with zero attached hydrogens (tertiary/aromatic N) is 3. The monoisotopic (exact) mass is 213 g/mol. The highest BCUT2D eigenvalue weighted by atomic mass is 16.4. The van der Waals surface area contributed by atoms with Gasteiger partial charge in [-0.25, -0.2) is 0 Å². The molecule has 0 aliphatic rings. The summed E-state index contributed by atoms with van der Waals surface area (Å²) in [5, 5.41) is 7.60. The normalized spacial score (nSPS) is 10.3. The van der Waals surface area contributed by atoms with Gasteiger partial charge in [-0.3, -0.25) is 4.79 Å². The van der Waals surface area contributed by atoms with E-state index in [0.29, 0.717) is 31.4 Å². The molecule has 1 aromatic heterocycles. The van der Waals surface area contributed by atoms with E-state index in [2.05, 4.69) is 10.2 Å². The molecule has 0 atom stereocenters. The Kier molecular flexibility index (Phi) is 4.04. The number of hydrogen-bond acceptors (Lipinski definition) is 6. The van der Waals surface area contributed by atoms with Gasteiger partial charge < -0.3 is 20.8 Å². The van der Waals surface area contributed by atoms with Crippen molar-refractivity contribution < 1.29 is 9.21 Å². The zero-order valence-electron chi connectivity index (χ0n) is 8.64. The number of nitrogens with two attached hydrogens (primary N) is 2. The van der Waals surface area contributed by atoms with Crippen molar-refractivity contribution in [2.24, 2.45) is 11.5 Å². The molecule has 0 spiro atoms. The van der Waals surface area contributed by atoms with Crippen LogP contribution in [0.2, 0.25) is 0 Å². The summed E-state index contributed by atoms with van der Waals surface area (Å²) < 4.78 is 5.29. The van der Waals surface area contributed by atoms with Crippen LogP contribution in [0.5, 0.6) is 0 Å². The molecule has 0 aliphatic heterocycles. The molecule has 7 heteroatoms. The van der Waals surface area contributed by atoms with Crippen LogP contribution < -0.4 is 16.4 Å². The van der Waals surface area contributed by atoms with Crippen LogP contribution in [0, 0.1) is 0 Å². The minimum absolute atomic E-state index is 0.0702. The Balaban J connectivity index is 2.69. The first-order valence-corrected chi connectivity index (χ1v) is 4.73. The molecule has 4 N–H and O–H groups in total. The van der Waals surface area contributed by atoms with Crippen LogP contribution >= 0.6 is 0 Å². The van der Waals surface area contributed by atoms with Crippen molar-refractivity contribution in [3.63, 3.8) is 0 Å². The number of likely N-dealkylation sites (N-methyl/N-ethyl adjacent to an activating group) is 1. The lowest BCUT2D eigenvalue weighted by Gasteiger charge is -2.14. The van der Waals surface area contributed by atoms with Gasteiger partial charge in [0.15, 0.2) is 0 Å². The number of carbonyl (C=O) groups excluding carboxylic acids is 1. The molecule has 0 fully saturated rings. The Labute approximate surface area is 87.4 Å². The van der Waals surface area contributed by atoms with Gasteiger partial charge >= 0.3 is 6.01 Å². The van der Waals surface area contributed by atoms with Crippen molar-refractivity contribution in [3.8, 4) is 0 Å². The summed E-state index contributed by atoms with van der Waals surface area (Å²) >= 11 is 0. The van der Waals surface area contributed by atoms with Gasteiger partial charge in [0.1, 0.15) is 6.54 Å². The smallest absolute Gasteiger partial charge is 0.318 e. The standard InChI is InChI=1S/C8H15N5O2/c1-2-13(5-6(10)14)8-12-11-7(15-8)3-4-9/h2-5,9H2,1H3,(H2,10,14). The number of hydrogen-bond donors (Lipinski definition) is 2. The first kappa shape index (κ1) is 11.4. The molecule has 84 valence electrons. The van der Waals surface area contributed by atoms with Gasteiger partial charge in [0.25, 0.3) is 0 Å². The van der Waals surface area contributed by atoms with Crippen molar-refractivity contribution >= 4 is 11.9 Å².